The van der Waals surface area contributed by atoms with Crippen LogP contribution in [-0.2, 0) is 13.0 Å². The third-order valence-corrected chi connectivity index (χ3v) is 3.76. The minimum Gasteiger partial charge on any atom is -0.323 e. The summed E-state index contributed by atoms with van der Waals surface area (Å²) in [5.74, 6) is 0.364. The van der Waals surface area contributed by atoms with Crippen molar-refractivity contribution in [1.82, 2.24) is 19.4 Å². The van der Waals surface area contributed by atoms with Crippen LogP contribution in [0, 0.1) is 0 Å². The lowest BCUT2D eigenvalue weighted by Gasteiger charge is -2.10. The predicted molar refractivity (Wildman–Crippen MR) is 72.5 cm³/mol. The number of nitrogens with two attached hydrogens (primary N) is 1. The molecule has 1 unspecified atom stereocenters. The third kappa shape index (κ3) is 2.76. The van der Waals surface area contributed by atoms with Gasteiger partial charge in [0.2, 0.25) is 0 Å². The molecule has 2 aromatic rings. The van der Waals surface area contributed by atoms with E-state index in [0.717, 1.165) is 29.1 Å². The summed E-state index contributed by atoms with van der Waals surface area (Å²) in [6.45, 7) is 7.18. The molecule has 18 heavy (non-hydrogen) atoms. The second-order valence-corrected chi connectivity index (χ2v) is 5.48. The Morgan fingerprint density at radius 2 is 2.22 bits per heavy atom. The van der Waals surface area contributed by atoms with Crippen molar-refractivity contribution in [2.45, 2.75) is 45.7 Å². The van der Waals surface area contributed by atoms with Crippen LogP contribution in [0.25, 0.3) is 0 Å². The largest absolute Gasteiger partial charge is 0.323 e. The number of hydrogen-bond acceptors (Lipinski definition) is 5. The highest BCUT2D eigenvalue weighted by Crippen LogP contribution is 2.26. The summed E-state index contributed by atoms with van der Waals surface area (Å²) < 4.78 is 5.93. The van der Waals surface area contributed by atoms with Gasteiger partial charge in [-0.05, 0) is 36.4 Å². The van der Waals surface area contributed by atoms with Crippen LogP contribution < -0.4 is 5.73 Å². The summed E-state index contributed by atoms with van der Waals surface area (Å²) in [4.78, 5) is 1.09. The normalized spacial score (nSPS) is 13.2. The van der Waals surface area contributed by atoms with Crippen molar-refractivity contribution in [3.8, 4) is 0 Å². The van der Waals surface area contributed by atoms with Gasteiger partial charge >= 0.3 is 0 Å². The Kier molecular flexibility index (Phi) is 4.08. The molecule has 2 N–H and O–H groups in total. The highest BCUT2D eigenvalue weighted by Gasteiger charge is 2.18. The van der Waals surface area contributed by atoms with Gasteiger partial charge in [0, 0.05) is 18.8 Å². The molecule has 0 aromatic carbocycles. The molecule has 1 atom stereocenters. The molecule has 0 amide bonds. The van der Waals surface area contributed by atoms with Gasteiger partial charge in [-0.25, -0.2) is 0 Å². The van der Waals surface area contributed by atoms with Gasteiger partial charge in [-0.15, -0.1) is 5.10 Å². The van der Waals surface area contributed by atoms with Gasteiger partial charge in [-0.3, -0.25) is 4.68 Å². The maximum Gasteiger partial charge on any atom is 0.0829 e. The number of aryl methyl sites for hydroxylation is 1. The summed E-state index contributed by atoms with van der Waals surface area (Å²) in [7, 11) is 0. The predicted octanol–water partition coefficient (Wildman–Crippen LogP) is 2.12. The molecule has 0 aliphatic heterocycles. The molecule has 0 saturated carbocycles. The van der Waals surface area contributed by atoms with Gasteiger partial charge in [-0.1, -0.05) is 18.3 Å². The Labute approximate surface area is 111 Å². The molecule has 98 valence electrons. The Morgan fingerprint density at radius 1 is 1.44 bits per heavy atom. The second-order valence-electron chi connectivity index (χ2n) is 4.69. The van der Waals surface area contributed by atoms with Crippen molar-refractivity contribution >= 4 is 11.5 Å². The van der Waals surface area contributed by atoms with Crippen LogP contribution in [0.15, 0.2) is 12.4 Å². The molecule has 0 spiro atoms. The zero-order chi connectivity index (χ0) is 13.1. The van der Waals surface area contributed by atoms with E-state index in [1.54, 1.807) is 0 Å². The Bertz CT molecular complexity index is 502. The van der Waals surface area contributed by atoms with E-state index >= 15 is 0 Å². The van der Waals surface area contributed by atoms with Gasteiger partial charge in [0.05, 0.1) is 16.8 Å². The molecule has 0 bridgehead atoms. The van der Waals surface area contributed by atoms with E-state index in [4.69, 9.17) is 5.73 Å². The fourth-order valence-corrected chi connectivity index (χ4v) is 2.70. The number of rotatable bonds is 5. The number of nitrogens with zero attached hydrogens (tertiary/aromatic N) is 4. The van der Waals surface area contributed by atoms with E-state index in [9.17, 15) is 0 Å². The quantitative estimate of drug-likeness (QED) is 0.899. The molecule has 2 heterocycles. The average Bonchev–Trinajstić information content (AvgIpc) is 2.96. The van der Waals surface area contributed by atoms with Crippen molar-refractivity contribution in [1.29, 1.82) is 0 Å². The lowest BCUT2D eigenvalue weighted by Crippen LogP contribution is -2.14. The summed E-state index contributed by atoms with van der Waals surface area (Å²) in [5.41, 5.74) is 8.44. The van der Waals surface area contributed by atoms with Crippen molar-refractivity contribution in [2.24, 2.45) is 5.73 Å². The fourth-order valence-electron chi connectivity index (χ4n) is 1.89. The molecule has 5 nitrogen and oxygen atoms in total. The zero-order valence-corrected chi connectivity index (χ0v) is 11.8. The summed E-state index contributed by atoms with van der Waals surface area (Å²) >= 11 is 1.40. The molecule has 0 fully saturated rings. The standard InChI is InChI=1S/C12H19N5S/c1-4-17-7-9(6-14-17)5-10(13)12-11(8(2)3)15-16-18-12/h6-8,10H,4-5,13H2,1-3H3. The molecular formula is C12H19N5S. The first-order valence-electron chi connectivity index (χ1n) is 6.20. The van der Waals surface area contributed by atoms with Crippen molar-refractivity contribution in [2.75, 3.05) is 0 Å². The molecule has 6 heteroatoms. The van der Waals surface area contributed by atoms with E-state index < -0.39 is 0 Å². The summed E-state index contributed by atoms with van der Waals surface area (Å²) in [5, 5.41) is 8.43. The lowest BCUT2D eigenvalue weighted by molar-refractivity contribution is 0.657. The Morgan fingerprint density at radius 3 is 2.83 bits per heavy atom. The first-order chi connectivity index (χ1) is 8.61. The molecule has 0 aliphatic rings. The highest BCUT2D eigenvalue weighted by atomic mass is 32.1. The van der Waals surface area contributed by atoms with Gasteiger partial charge in [-0.2, -0.15) is 5.10 Å². The summed E-state index contributed by atoms with van der Waals surface area (Å²) in [6, 6.07) is -0.0445. The molecular weight excluding hydrogens is 246 g/mol. The Balaban J connectivity index is 2.11. The monoisotopic (exact) mass is 265 g/mol. The third-order valence-electron chi connectivity index (χ3n) is 2.89. The van der Waals surface area contributed by atoms with Crippen molar-refractivity contribution in [3.63, 3.8) is 0 Å². The minimum absolute atomic E-state index is 0.0445. The van der Waals surface area contributed by atoms with Crippen LogP contribution in [0.1, 0.15) is 48.9 Å². The van der Waals surface area contributed by atoms with Crippen LogP contribution in [0.3, 0.4) is 0 Å². The fraction of sp³-hybridized carbons (Fsp3) is 0.583. The molecule has 2 aromatic heterocycles. The lowest BCUT2D eigenvalue weighted by atomic mass is 10.0. The molecule has 2 rings (SSSR count). The smallest absolute Gasteiger partial charge is 0.0829 e. The second kappa shape index (κ2) is 5.58. The van der Waals surface area contributed by atoms with E-state index in [0.29, 0.717) is 5.92 Å². The molecule has 0 aliphatic carbocycles. The number of hydrogen-bond donors (Lipinski definition) is 1. The highest BCUT2D eigenvalue weighted by molar-refractivity contribution is 7.05. The maximum absolute atomic E-state index is 6.25. The van der Waals surface area contributed by atoms with Crippen molar-refractivity contribution < 1.29 is 0 Å². The van der Waals surface area contributed by atoms with Crippen LogP contribution in [-0.4, -0.2) is 19.4 Å². The van der Waals surface area contributed by atoms with Crippen molar-refractivity contribution in [3.05, 3.63) is 28.5 Å². The first-order valence-corrected chi connectivity index (χ1v) is 6.98. The van der Waals surface area contributed by atoms with Crippen LogP contribution in [0.4, 0.5) is 0 Å². The molecule has 0 saturated heterocycles. The molecule has 0 radical (unpaired) electrons. The van der Waals surface area contributed by atoms with E-state index in [2.05, 4.69) is 35.5 Å². The zero-order valence-electron chi connectivity index (χ0n) is 11.0. The SMILES string of the molecule is CCn1cc(CC(N)c2snnc2C(C)C)cn1. The van der Waals surface area contributed by atoms with Gasteiger partial charge in [0.1, 0.15) is 0 Å². The first kappa shape index (κ1) is 13.2. The van der Waals surface area contributed by atoms with Gasteiger partial charge in [0.25, 0.3) is 0 Å². The maximum atomic E-state index is 6.25. The van der Waals surface area contributed by atoms with Gasteiger partial charge in [0.15, 0.2) is 0 Å². The van der Waals surface area contributed by atoms with E-state index in [-0.39, 0.29) is 6.04 Å². The van der Waals surface area contributed by atoms with E-state index in [1.807, 2.05) is 17.1 Å². The van der Waals surface area contributed by atoms with Gasteiger partial charge < -0.3 is 5.73 Å². The number of aromatic nitrogens is 4. The van der Waals surface area contributed by atoms with Crippen LogP contribution in [0.2, 0.25) is 0 Å². The topological polar surface area (TPSA) is 69.6 Å². The van der Waals surface area contributed by atoms with E-state index in [1.165, 1.54) is 11.5 Å². The average molecular weight is 265 g/mol. The van der Waals surface area contributed by atoms with Crippen LogP contribution >= 0.6 is 11.5 Å². The van der Waals surface area contributed by atoms with Crippen LogP contribution in [0.5, 0.6) is 0 Å². The summed E-state index contributed by atoms with van der Waals surface area (Å²) in [6.07, 6.45) is 4.71. The Hall–Kier alpha value is -1.27. The minimum atomic E-state index is -0.0445.